The van der Waals surface area contributed by atoms with Gasteiger partial charge >= 0.3 is 0 Å². The smallest absolute Gasteiger partial charge is 0.247 e. The number of rotatable bonds is 4. The highest BCUT2D eigenvalue weighted by Crippen LogP contribution is 2.24. The van der Waals surface area contributed by atoms with Gasteiger partial charge in [0.1, 0.15) is 5.83 Å². The van der Waals surface area contributed by atoms with Crippen LogP contribution in [0.3, 0.4) is 0 Å². The molecular weight excluding hydrogens is 265 g/mol. The molecule has 0 spiro atoms. The second-order valence-electron chi connectivity index (χ2n) is 5.15. The van der Waals surface area contributed by atoms with Crippen molar-refractivity contribution < 1.29 is 9.18 Å². The lowest BCUT2D eigenvalue weighted by atomic mass is 9.86. The number of nitrogens with one attached hydrogen (secondary N) is 1. The molecule has 1 N–H and O–H groups in total. The maximum atomic E-state index is 13.4. The second-order valence-corrected chi connectivity index (χ2v) is 5.63. The van der Waals surface area contributed by atoms with Gasteiger partial charge in [-0.3, -0.25) is 4.79 Å². The molecule has 0 aliphatic heterocycles. The van der Waals surface area contributed by atoms with Crippen LogP contribution in [0.5, 0.6) is 0 Å². The van der Waals surface area contributed by atoms with Crippen LogP contribution in [0.2, 0.25) is 0 Å². The molecule has 0 aromatic rings. The highest BCUT2D eigenvalue weighted by molar-refractivity contribution is 6.30. The molecular formula is C15H21ClFNO. The van der Waals surface area contributed by atoms with Gasteiger partial charge in [-0.05, 0) is 37.8 Å². The van der Waals surface area contributed by atoms with E-state index in [4.69, 9.17) is 11.6 Å². The minimum atomic E-state index is -0.565. The first kappa shape index (κ1) is 16.0. The SMILES string of the molecule is C=C(Cl)/C=C(F)\C=C(/C)C(=O)NC1CCCCC1C. The van der Waals surface area contributed by atoms with Gasteiger partial charge in [0.15, 0.2) is 0 Å². The van der Waals surface area contributed by atoms with Gasteiger partial charge < -0.3 is 5.32 Å². The number of carbonyl (C=O) groups excluding carboxylic acids is 1. The van der Waals surface area contributed by atoms with Gasteiger partial charge in [-0.2, -0.15) is 0 Å². The minimum Gasteiger partial charge on any atom is -0.349 e. The van der Waals surface area contributed by atoms with Crippen molar-refractivity contribution in [1.29, 1.82) is 0 Å². The van der Waals surface area contributed by atoms with E-state index in [1.165, 1.54) is 12.5 Å². The molecule has 2 unspecified atom stereocenters. The molecule has 0 heterocycles. The summed E-state index contributed by atoms with van der Waals surface area (Å²) in [6, 6.07) is 0.194. The fourth-order valence-electron chi connectivity index (χ4n) is 2.28. The van der Waals surface area contributed by atoms with Crippen molar-refractivity contribution in [2.45, 2.75) is 45.6 Å². The molecule has 4 heteroatoms. The molecule has 0 saturated heterocycles. The summed E-state index contributed by atoms with van der Waals surface area (Å²) in [5, 5.41) is 3.07. The van der Waals surface area contributed by atoms with E-state index in [1.54, 1.807) is 6.92 Å². The molecule has 0 radical (unpaired) electrons. The van der Waals surface area contributed by atoms with E-state index in [0.717, 1.165) is 25.3 Å². The first-order valence-electron chi connectivity index (χ1n) is 6.61. The van der Waals surface area contributed by atoms with Crippen molar-refractivity contribution >= 4 is 17.5 Å². The largest absolute Gasteiger partial charge is 0.349 e. The quantitative estimate of drug-likeness (QED) is 0.608. The Morgan fingerprint density at radius 2 is 2.00 bits per heavy atom. The Kier molecular flexibility index (Phi) is 6.29. The van der Waals surface area contributed by atoms with Gasteiger partial charge in [0, 0.05) is 16.6 Å². The number of hydrogen-bond acceptors (Lipinski definition) is 1. The zero-order valence-corrected chi connectivity index (χ0v) is 12.3. The summed E-state index contributed by atoms with van der Waals surface area (Å²) >= 11 is 5.47. The van der Waals surface area contributed by atoms with Gasteiger partial charge in [-0.15, -0.1) is 0 Å². The molecule has 19 heavy (non-hydrogen) atoms. The van der Waals surface area contributed by atoms with Crippen molar-refractivity contribution in [3.05, 3.63) is 35.2 Å². The third-order valence-electron chi connectivity index (χ3n) is 3.44. The van der Waals surface area contributed by atoms with Crippen LogP contribution in [0.25, 0.3) is 0 Å². The van der Waals surface area contributed by atoms with Crippen LogP contribution in [-0.2, 0) is 4.79 Å². The Hall–Kier alpha value is -1.09. The Morgan fingerprint density at radius 1 is 1.37 bits per heavy atom. The number of carbonyl (C=O) groups is 1. The van der Waals surface area contributed by atoms with E-state index < -0.39 is 5.83 Å². The van der Waals surface area contributed by atoms with Crippen LogP contribution < -0.4 is 5.32 Å². The highest BCUT2D eigenvalue weighted by Gasteiger charge is 2.23. The molecule has 106 valence electrons. The molecule has 1 saturated carbocycles. The van der Waals surface area contributed by atoms with Crippen LogP contribution >= 0.6 is 11.6 Å². The Bertz CT molecular complexity index is 414. The predicted molar refractivity (Wildman–Crippen MR) is 77.5 cm³/mol. The molecule has 0 aromatic carbocycles. The third-order valence-corrected chi connectivity index (χ3v) is 3.54. The summed E-state index contributed by atoms with van der Waals surface area (Å²) in [5.74, 6) is -0.305. The molecule has 1 amide bonds. The lowest BCUT2D eigenvalue weighted by Gasteiger charge is -2.29. The van der Waals surface area contributed by atoms with Gasteiger partial charge in [0.25, 0.3) is 0 Å². The van der Waals surface area contributed by atoms with Crippen LogP contribution in [0.1, 0.15) is 39.5 Å². The second kappa shape index (κ2) is 7.49. The van der Waals surface area contributed by atoms with E-state index >= 15 is 0 Å². The fraction of sp³-hybridized carbons (Fsp3) is 0.533. The molecule has 1 rings (SSSR count). The number of hydrogen-bond donors (Lipinski definition) is 1. The van der Waals surface area contributed by atoms with Crippen LogP contribution in [0.15, 0.2) is 35.2 Å². The number of allylic oxidation sites excluding steroid dienone is 4. The lowest BCUT2D eigenvalue weighted by Crippen LogP contribution is -2.41. The Morgan fingerprint density at radius 3 is 2.58 bits per heavy atom. The summed E-state index contributed by atoms with van der Waals surface area (Å²) in [6.07, 6.45) is 6.75. The van der Waals surface area contributed by atoms with E-state index in [-0.39, 0.29) is 17.0 Å². The molecule has 2 atom stereocenters. The summed E-state index contributed by atoms with van der Waals surface area (Å²) < 4.78 is 13.4. The maximum Gasteiger partial charge on any atom is 0.247 e. The zero-order valence-electron chi connectivity index (χ0n) is 11.5. The summed E-state index contributed by atoms with van der Waals surface area (Å²) in [7, 11) is 0. The Balaban J connectivity index is 2.61. The van der Waals surface area contributed by atoms with E-state index in [0.29, 0.717) is 11.5 Å². The molecule has 1 aliphatic carbocycles. The average molecular weight is 286 g/mol. The number of halogens is 2. The summed E-state index contributed by atoms with van der Waals surface area (Å²) in [4.78, 5) is 11.9. The van der Waals surface area contributed by atoms with Crippen LogP contribution in [-0.4, -0.2) is 11.9 Å². The van der Waals surface area contributed by atoms with Crippen molar-refractivity contribution in [1.82, 2.24) is 5.32 Å². The van der Waals surface area contributed by atoms with Gasteiger partial charge in [-0.1, -0.05) is 37.9 Å². The minimum absolute atomic E-state index is 0.0999. The molecule has 2 nitrogen and oxygen atoms in total. The summed E-state index contributed by atoms with van der Waals surface area (Å²) in [6.45, 7) is 7.10. The highest BCUT2D eigenvalue weighted by atomic mass is 35.5. The standard InChI is InChI=1S/C15H21ClFNO/c1-10-6-4-5-7-14(10)18-15(19)11(2)8-13(17)9-12(3)16/h8-10,14H,3-7H2,1-2H3,(H,18,19)/b11-8+,13-9+. The molecule has 1 aliphatic rings. The first-order valence-corrected chi connectivity index (χ1v) is 6.98. The zero-order chi connectivity index (χ0) is 14.4. The van der Waals surface area contributed by atoms with Crippen LogP contribution in [0.4, 0.5) is 4.39 Å². The number of amides is 1. The molecule has 1 fully saturated rings. The topological polar surface area (TPSA) is 29.1 Å². The molecule has 0 aromatic heterocycles. The van der Waals surface area contributed by atoms with Crippen molar-refractivity contribution in [3.8, 4) is 0 Å². The van der Waals surface area contributed by atoms with Crippen molar-refractivity contribution in [3.63, 3.8) is 0 Å². The predicted octanol–water partition coefficient (Wildman–Crippen LogP) is 4.23. The third kappa shape index (κ3) is 5.60. The van der Waals surface area contributed by atoms with Crippen molar-refractivity contribution in [2.24, 2.45) is 5.92 Å². The van der Waals surface area contributed by atoms with E-state index in [1.807, 2.05) is 0 Å². The van der Waals surface area contributed by atoms with E-state index in [9.17, 15) is 9.18 Å². The lowest BCUT2D eigenvalue weighted by molar-refractivity contribution is -0.118. The average Bonchev–Trinajstić information content (AvgIpc) is 2.30. The fourth-order valence-corrected chi connectivity index (χ4v) is 2.38. The van der Waals surface area contributed by atoms with Gasteiger partial charge in [-0.25, -0.2) is 4.39 Å². The first-order chi connectivity index (χ1) is 8.90. The van der Waals surface area contributed by atoms with Crippen molar-refractivity contribution in [2.75, 3.05) is 0 Å². The van der Waals surface area contributed by atoms with E-state index in [2.05, 4.69) is 18.8 Å². The van der Waals surface area contributed by atoms with Gasteiger partial charge in [0.2, 0.25) is 5.91 Å². The summed E-state index contributed by atoms with van der Waals surface area (Å²) in [5.41, 5.74) is 0.337. The Labute approximate surface area is 119 Å². The molecule has 0 bridgehead atoms. The van der Waals surface area contributed by atoms with Crippen LogP contribution in [0, 0.1) is 5.92 Å². The maximum absolute atomic E-state index is 13.4. The van der Waals surface area contributed by atoms with Gasteiger partial charge in [0.05, 0.1) is 0 Å². The normalized spacial score (nSPS) is 25.1. The monoisotopic (exact) mass is 285 g/mol.